The number of H-pyrrole nitrogens is 1. The quantitative estimate of drug-likeness (QED) is 0.623. The highest BCUT2D eigenvalue weighted by Crippen LogP contribution is 2.38. The SMILES string of the molecule is O=C(Nc1c(-c2ccn[nH]2)ccnc1N1CCC(F)(F)C1)c1ccc(Br)cc1. The fourth-order valence-corrected chi connectivity index (χ4v) is 3.41. The predicted molar refractivity (Wildman–Crippen MR) is 106 cm³/mol. The van der Waals surface area contributed by atoms with Crippen molar-refractivity contribution in [3.05, 3.63) is 58.8 Å². The van der Waals surface area contributed by atoms with Crippen LogP contribution in [0.15, 0.2) is 53.3 Å². The minimum atomic E-state index is -2.78. The lowest BCUT2D eigenvalue weighted by Crippen LogP contribution is -2.27. The van der Waals surface area contributed by atoms with Crippen molar-refractivity contribution in [2.24, 2.45) is 0 Å². The number of aromatic amines is 1. The van der Waals surface area contributed by atoms with Crippen molar-refractivity contribution in [1.82, 2.24) is 15.2 Å². The second-order valence-corrected chi connectivity index (χ2v) is 7.43. The van der Waals surface area contributed by atoms with Crippen molar-refractivity contribution in [3.63, 3.8) is 0 Å². The van der Waals surface area contributed by atoms with Gasteiger partial charge in [-0.15, -0.1) is 0 Å². The molecule has 1 aliphatic heterocycles. The third-order valence-corrected chi connectivity index (χ3v) is 5.06. The number of halogens is 3. The molecule has 0 saturated carbocycles. The van der Waals surface area contributed by atoms with Crippen LogP contribution in [0.3, 0.4) is 0 Å². The highest BCUT2D eigenvalue weighted by Gasteiger charge is 2.39. The van der Waals surface area contributed by atoms with Gasteiger partial charge in [0, 0.05) is 41.0 Å². The minimum absolute atomic E-state index is 0.160. The number of hydrogen-bond donors (Lipinski definition) is 2. The number of aromatic nitrogens is 3. The Labute approximate surface area is 168 Å². The van der Waals surface area contributed by atoms with Crippen molar-refractivity contribution < 1.29 is 13.6 Å². The lowest BCUT2D eigenvalue weighted by Gasteiger charge is -2.22. The molecule has 2 aromatic heterocycles. The topological polar surface area (TPSA) is 73.9 Å². The molecule has 0 radical (unpaired) electrons. The third kappa shape index (κ3) is 3.75. The molecule has 1 amide bonds. The molecule has 0 bridgehead atoms. The van der Waals surface area contributed by atoms with Crippen LogP contribution in [0, 0.1) is 0 Å². The van der Waals surface area contributed by atoms with Crippen LogP contribution < -0.4 is 10.2 Å². The molecule has 1 aliphatic rings. The summed E-state index contributed by atoms with van der Waals surface area (Å²) in [6.45, 7) is -0.277. The van der Waals surface area contributed by atoms with E-state index in [1.54, 1.807) is 42.6 Å². The van der Waals surface area contributed by atoms with Crippen molar-refractivity contribution >= 4 is 33.3 Å². The first-order chi connectivity index (χ1) is 13.4. The second kappa shape index (κ2) is 7.31. The lowest BCUT2D eigenvalue weighted by molar-refractivity contribution is 0.0257. The molecule has 0 unspecified atom stereocenters. The maximum Gasteiger partial charge on any atom is 0.266 e. The number of alkyl halides is 2. The number of nitrogens with zero attached hydrogens (tertiary/aromatic N) is 3. The van der Waals surface area contributed by atoms with Gasteiger partial charge in [0.15, 0.2) is 5.82 Å². The average molecular weight is 448 g/mol. The molecule has 4 rings (SSSR count). The van der Waals surface area contributed by atoms with Crippen molar-refractivity contribution in [3.8, 4) is 11.3 Å². The summed E-state index contributed by atoms with van der Waals surface area (Å²) in [5, 5.41) is 9.64. The zero-order valence-corrected chi connectivity index (χ0v) is 16.2. The summed E-state index contributed by atoms with van der Waals surface area (Å²) in [7, 11) is 0. The van der Waals surface area contributed by atoms with Gasteiger partial charge in [-0.25, -0.2) is 13.8 Å². The number of pyridine rings is 1. The number of anilines is 2. The van der Waals surface area contributed by atoms with E-state index < -0.39 is 12.5 Å². The molecule has 1 saturated heterocycles. The van der Waals surface area contributed by atoms with E-state index in [-0.39, 0.29) is 18.9 Å². The number of carbonyl (C=O) groups is 1. The maximum atomic E-state index is 13.8. The predicted octanol–water partition coefficient (Wildman–Crippen LogP) is 4.33. The van der Waals surface area contributed by atoms with Gasteiger partial charge in [0.1, 0.15) is 0 Å². The third-order valence-electron chi connectivity index (χ3n) is 4.54. The van der Waals surface area contributed by atoms with Gasteiger partial charge >= 0.3 is 0 Å². The van der Waals surface area contributed by atoms with Crippen LogP contribution in [0.4, 0.5) is 20.3 Å². The molecule has 0 aliphatic carbocycles. The molecule has 3 heterocycles. The van der Waals surface area contributed by atoms with Gasteiger partial charge in [0.25, 0.3) is 11.8 Å². The zero-order valence-electron chi connectivity index (χ0n) is 14.6. The van der Waals surface area contributed by atoms with Crippen LogP contribution >= 0.6 is 15.9 Å². The molecule has 2 N–H and O–H groups in total. The molecule has 1 aromatic carbocycles. The van der Waals surface area contributed by atoms with Crippen molar-refractivity contribution in [2.75, 3.05) is 23.3 Å². The van der Waals surface area contributed by atoms with E-state index >= 15 is 0 Å². The van der Waals surface area contributed by atoms with E-state index in [0.29, 0.717) is 28.3 Å². The van der Waals surface area contributed by atoms with Crippen LogP contribution in [-0.2, 0) is 0 Å². The van der Waals surface area contributed by atoms with Crippen LogP contribution in [0.5, 0.6) is 0 Å². The zero-order chi connectivity index (χ0) is 19.7. The molecule has 9 heteroatoms. The molecule has 0 atom stereocenters. The van der Waals surface area contributed by atoms with Gasteiger partial charge in [-0.3, -0.25) is 9.89 Å². The van der Waals surface area contributed by atoms with Gasteiger partial charge in [0.05, 0.1) is 17.9 Å². The molecule has 0 spiro atoms. The number of amides is 1. The molecule has 6 nitrogen and oxygen atoms in total. The first kappa shape index (κ1) is 18.5. The summed E-state index contributed by atoms with van der Waals surface area (Å²) < 4.78 is 28.4. The van der Waals surface area contributed by atoms with E-state index in [1.165, 1.54) is 11.1 Å². The summed E-state index contributed by atoms with van der Waals surface area (Å²) in [5.74, 6) is -2.82. The summed E-state index contributed by atoms with van der Waals surface area (Å²) >= 11 is 3.34. The molecule has 144 valence electrons. The lowest BCUT2D eigenvalue weighted by atomic mass is 10.1. The Morgan fingerprint density at radius 3 is 2.61 bits per heavy atom. The molecular weight excluding hydrogens is 432 g/mol. The summed E-state index contributed by atoms with van der Waals surface area (Å²) in [6.07, 6.45) is 2.88. The standard InChI is InChI=1S/C19H16BrF2N5O/c20-13-3-1-12(2-4-13)18(28)25-16-14(15-6-9-24-26-15)5-8-23-17(16)27-10-7-19(21,22)11-27/h1-6,8-9H,7,10-11H2,(H,24,26)(H,25,28). The van der Waals surface area contributed by atoms with Crippen LogP contribution in [0.2, 0.25) is 0 Å². The van der Waals surface area contributed by atoms with Gasteiger partial charge in [-0.2, -0.15) is 5.10 Å². The Balaban J connectivity index is 1.74. The van der Waals surface area contributed by atoms with Crippen LogP contribution in [0.1, 0.15) is 16.8 Å². The summed E-state index contributed by atoms with van der Waals surface area (Å²) in [4.78, 5) is 18.6. The highest BCUT2D eigenvalue weighted by atomic mass is 79.9. The summed E-state index contributed by atoms with van der Waals surface area (Å²) in [5.41, 5.74) is 2.10. The number of hydrogen-bond acceptors (Lipinski definition) is 4. The molecule has 1 fully saturated rings. The Bertz CT molecular complexity index is 992. The molecule has 28 heavy (non-hydrogen) atoms. The maximum absolute atomic E-state index is 13.8. The smallest absolute Gasteiger partial charge is 0.266 e. The Morgan fingerprint density at radius 1 is 1.18 bits per heavy atom. The van der Waals surface area contributed by atoms with E-state index in [4.69, 9.17) is 0 Å². The largest absolute Gasteiger partial charge is 0.349 e. The van der Waals surface area contributed by atoms with Crippen LogP contribution in [0.25, 0.3) is 11.3 Å². The van der Waals surface area contributed by atoms with Crippen LogP contribution in [-0.4, -0.2) is 40.1 Å². The van der Waals surface area contributed by atoms with Gasteiger partial charge in [-0.1, -0.05) is 15.9 Å². The number of nitrogens with one attached hydrogen (secondary N) is 2. The minimum Gasteiger partial charge on any atom is -0.349 e. The fraction of sp³-hybridized carbons (Fsp3) is 0.211. The molecular formula is C19H16BrF2N5O. The fourth-order valence-electron chi connectivity index (χ4n) is 3.15. The van der Waals surface area contributed by atoms with E-state index in [9.17, 15) is 13.6 Å². The first-order valence-electron chi connectivity index (χ1n) is 8.61. The monoisotopic (exact) mass is 447 g/mol. The number of benzene rings is 1. The van der Waals surface area contributed by atoms with E-state index in [0.717, 1.165) is 4.47 Å². The van der Waals surface area contributed by atoms with Crippen molar-refractivity contribution in [2.45, 2.75) is 12.3 Å². The first-order valence-corrected chi connectivity index (χ1v) is 9.41. The van der Waals surface area contributed by atoms with E-state index in [2.05, 4.69) is 36.4 Å². The van der Waals surface area contributed by atoms with Crippen molar-refractivity contribution in [1.29, 1.82) is 0 Å². The Hall–Kier alpha value is -2.81. The van der Waals surface area contributed by atoms with Gasteiger partial charge in [0.2, 0.25) is 0 Å². The number of carbonyl (C=O) groups excluding carboxylic acids is 1. The van der Waals surface area contributed by atoms with Gasteiger partial charge < -0.3 is 10.2 Å². The Kier molecular flexibility index (Phi) is 4.84. The Morgan fingerprint density at radius 2 is 1.96 bits per heavy atom. The van der Waals surface area contributed by atoms with Gasteiger partial charge in [-0.05, 0) is 36.4 Å². The highest BCUT2D eigenvalue weighted by molar-refractivity contribution is 9.10. The number of rotatable bonds is 4. The molecule has 3 aromatic rings. The second-order valence-electron chi connectivity index (χ2n) is 6.52. The normalized spacial score (nSPS) is 15.6. The van der Waals surface area contributed by atoms with E-state index in [1.807, 2.05) is 0 Å². The average Bonchev–Trinajstić information content (AvgIpc) is 3.32. The summed E-state index contributed by atoms with van der Waals surface area (Å²) in [6, 6.07) is 10.3.